The second-order valence-corrected chi connectivity index (χ2v) is 9.30. The van der Waals surface area contributed by atoms with Gasteiger partial charge in [0, 0.05) is 31.4 Å². The van der Waals surface area contributed by atoms with E-state index in [2.05, 4.69) is 27.7 Å². The number of nitrogens with zero attached hydrogens (tertiary/aromatic N) is 1. The molecular formula is C30H35N3O3. The number of hydrogen-bond donors (Lipinski definition) is 2. The predicted octanol–water partition coefficient (Wildman–Crippen LogP) is 3.89. The van der Waals surface area contributed by atoms with E-state index >= 15 is 0 Å². The lowest BCUT2D eigenvalue weighted by atomic mass is 10.00. The van der Waals surface area contributed by atoms with Crippen molar-refractivity contribution in [1.82, 2.24) is 10.6 Å². The van der Waals surface area contributed by atoms with E-state index in [0.29, 0.717) is 19.4 Å². The van der Waals surface area contributed by atoms with Gasteiger partial charge in [-0.1, -0.05) is 72.8 Å². The quantitative estimate of drug-likeness (QED) is 0.427. The Labute approximate surface area is 213 Å². The Morgan fingerprint density at radius 1 is 0.861 bits per heavy atom. The van der Waals surface area contributed by atoms with Crippen LogP contribution in [0.4, 0.5) is 5.69 Å². The van der Waals surface area contributed by atoms with Gasteiger partial charge < -0.3 is 20.3 Å². The third kappa shape index (κ3) is 7.43. The smallest absolute Gasteiger partial charge is 0.323 e. The van der Waals surface area contributed by atoms with Gasteiger partial charge in [-0.3, -0.25) is 9.59 Å². The first-order valence-electron chi connectivity index (χ1n) is 12.6. The molecule has 0 unspecified atom stereocenters. The highest BCUT2D eigenvalue weighted by Gasteiger charge is 2.26. The average molecular weight is 486 g/mol. The van der Waals surface area contributed by atoms with E-state index in [1.807, 2.05) is 72.8 Å². The molecule has 2 N–H and O–H groups in total. The summed E-state index contributed by atoms with van der Waals surface area (Å²) in [6, 6.07) is 28.2. The summed E-state index contributed by atoms with van der Waals surface area (Å²) in [7, 11) is 1.45. The number of nitrogens with one attached hydrogen (secondary N) is 2. The van der Waals surface area contributed by atoms with Crippen LogP contribution in [0.25, 0.3) is 0 Å². The zero-order valence-electron chi connectivity index (χ0n) is 20.9. The van der Waals surface area contributed by atoms with Crippen molar-refractivity contribution < 1.29 is 14.3 Å². The molecular weight excluding hydrogens is 450 g/mol. The van der Waals surface area contributed by atoms with Crippen LogP contribution in [0.15, 0.2) is 84.9 Å². The first kappa shape index (κ1) is 25.5. The van der Waals surface area contributed by atoms with E-state index in [1.165, 1.54) is 7.11 Å². The zero-order valence-corrected chi connectivity index (χ0v) is 20.9. The highest BCUT2D eigenvalue weighted by atomic mass is 16.5. The molecule has 36 heavy (non-hydrogen) atoms. The van der Waals surface area contributed by atoms with Gasteiger partial charge in [-0.25, -0.2) is 0 Å². The molecule has 1 fully saturated rings. The van der Waals surface area contributed by atoms with Crippen LogP contribution in [0.5, 0.6) is 0 Å². The molecule has 0 spiro atoms. The fourth-order valence-electron chi connectivity index (χ4n) is 4.66. The molecule has 1 aliphatic heterocycles. The van der Waals surface area contributed by atoms with Gasteiger partial charge in [0.05, 0.1) is 13.5 Å². The lowest BCUT2D eigenvalue weighted by molar-refractivity contribution is -0.143. The number of methoxy groups -OCH3 is 1. The number of hydrogen-bond acceptors (Lipinski definition) is 5. The molecule has 0 aliphatic carbocycles. The Morgan fingerprint density at radius 3 is 2.08 bits per heavy atom. The Balaban J connectivity index is 1.24. The van der Waals surface area contributed by atoms with Crippen molar-refractivity contribution in [2.24, 2.45) is 0 Å². The molecule has 3 aromatic rings. The minimum atomic E-state index is -0.346. The van der Waals surface area contributed by atoms with Crippen molar-refractivity contribution in [3.63, 3.8) is 0 Å². The topological polar surface area (TPSA) is 70.7 Å². The number of carbonyl (C=O) groups excluding carboxylic acids is 2. The maximum atomic E-state index is 12.4. The zero-order chi connectivity index (χ0) is 25.2. The van der Waals surface area contributed by atoms with Crippen LogP contribution < -0.4 is 15.5 Å². The van der Waals surface area contributed by atoms with Gasteiger partial charge in [0.2, 0.25) is 5.91 Å². The number of anilines is 1. The molecule has 0 saturated carbocycles. The van der Waals surface area contributed by atoms with Gasteiger partial charge in [-0.15, -0.1) is 0 Å². The Hall–Kier alpha value is -3.64. The van der Waals surface area contributed by atoms with Crippen molar-refractivity contribution >= 4 is 17.6 Å². The van der Waals surface area contributed by atoms with E-state index in [0.717, 1.165) is 48.3 Å². The number of benzene rings is 3. The normalized spacial score (nSPS) is 14.8. The fourth-order valence-corrected chi connectivity index (χ4v) is 4.66. The summed E-state index contributed by atoms with van der Waals surface area (Å²) in [4.78, 5) is 27.1. The lowest BCUT2D eigenvalue weighted by Crippen LogP contribution is -2.50. The van der Waals surface area contributed by atoms with Gasteiger partial charge in [-0.2, -0.15) is 0 Å². The van der Waals surface area contributed by atoms with Gasteiger partial charge in [0.25, 0.3) is 0 Å². The highest BCUT2D eigenvalue weighted by Crippen LogP contribution is 2.21. The number of rotatable bonds is 10. The van der Waals surface area contributed by atoms with Crippen molar-refractivity contribution in [2.45, 2.75) is 44.3 Å². The van der Waals surface area contributed by atoms with Crippen LogP contribution in [0.2, 0.25) is 0 Å². The summed E-state index contributed by atoms with van der Waals surface area (Å²) in [5, 5.41) is 6.52. The van der Waals surface area contributed by atoms with Crippen LogP contribution in [0.3, 0.4) is 0 Å². The standard InChI is InChI=1S/C30H35N3O3/c1-36-30(35)28(20-23-8-4-2-5-9-23)32-26-16-18-33(19-17-26)27-14-12-24(13-15-27)21-29(34)31-22-25-10-6-3-7-11-25/h2-15,26,28,32H,16-22H2,1H3,(H,31,34)/t28-/m0/s1. The molecule has 188 valence electrons. The van der Waals surface area contributed by atoms with Crippen molar-refractivity contribution in [1.29, 1.82) is 0 Å². The van der Waals surface area contributed by atoms with Gasteiger partial charge in [-0.05, 0) is 48.1 Å². The molecule has 1 saturated heterocycles. The lowest BCUT2D eigenvalue weighted by Gasteiger charge is -2.35. The molecule has 1 atom stereocenters. The summed E-state index contributed by atoms with van der Waals surface area (Å²) in [5.74, 6) is -0.196. The molecule has 1 aliphatic rings. The summed E-state index contributed by atoms with van der Waals surface area (Å²) in [6.45, 7) is 2.37. The monoisotopic (exact) mass is 485 g/mol. The molecule has 6 nitrogen and oxygen atoms in total. The molecule has 0 bridgehead atoms. The largest absolute Gasteiger partial charge is 0.468 e. The SMILES string of the molecule is COC(=O)[C@H](Cc1ccccc1)NC1CCN(c2ccc(CC(=O)NCc3ccccc3)cc2)CC1. The molecule has 1 amide bonds. The van der Waals surface area contributed by atoms with E-state index < -0.39 is 0 Å². The minimum Gasteiger partial charge on any atom is -0.468 e. The van der Waals surface area contributed by atoms with Crippen LogP contribution >= 0.6 is 0 Å². The second kappa shape index (κ2) is 12.9. The molecule has 0 aromatic heterocycles. The van der Waals surface area contributed by atoms with E-state index in [1.54, 1.807) is 0 Å². The van der Waals surface area contributed by atoms with Crippen molar-refractivity contribution in [3.05, 3.63) is 102 Å². The van der Waals surface area contributed by atoms with E-state index in [9.17, 15) is 9.59 Å². The number of ether oxygens (including phenoxy) is 1. The van der Waals surface area contributed by atoms with E-state index in [-0.39, 0.29) is 24.0 Å². The first-order valence-corrected chi connectivity index (χ1v) is 12.6. The number of carbonyl (C=O) groups is 2. The highest BCUT2D eigenvalue weighted by molar-refractivity contribution is 5.78. The molecule has 3 aromatic carbocycles. The summed E-state index contributed by atoms with van der Waals surface area (Å²) in [5.41, 5.74) is 4.38. The third-order valence-corrected chi connectivity index (χ3v) is 6.70. The van der Waals surface area contributed by atoms with Gasteiger partial charge in [0.15, 0.2) is 0 Å². The average Bonchev–Trinajstić information content (AvgIpc) is 2.93. The summed E-state index contributed by atoms with van der Waals surface area (Å²) < 4.78 is 5.05. The number of amides is 1. The number of esters is 1. The van der Waals surface area contributed by atoms with Crippen LogP contribution in [-0.4, -0.2) is 44.2 Å². The van der Waals surface area contributed by atoms with Crippen LogP contribution in [-0.2, 0) is 33.7 Å². The predicted molar refractivity (Wildman–Crippen MR) is 143 cm³/mol. The van der Waals surface area contributed by atoms with Crippen LogP contribution in [0.1, 0.15) is 29.5 Å². The maximum Gasteiger partial charge on any atom is 0.323 e. The molecule has 0 radical (unpaired) electrons. The Morgan fingerprint density at radius 2 is 1.47 bits per heavy atom. The second-order valence-electron chi connectivity index (χ2n) is 9.30. The van der Waals surface area contributed by atoms with Gasteiger partial charge in [0.1, 0.15) is 6.04 Å². The number of piperidine rings is 1. The van der Waals surface area contributed by atoms with E-state index in [4.69, 9.17) is 4.74 Å². The molecule has 4 rings (SSSR count). The van der Waals surface area contributed by atoms with Gasteiger partial charge >= 0.3 is 5.97 Å². The first-order chi connectivity index (χ1) is 17.6. The Bertz CT molecular complexity index is 1100. The Kier molecular flexibility index (Phi) is 9.11. The van der Waals surface area contributed by atoms with Crippen molar-refractivity contribution in [3.8, 4) is 0 Å². The minimum absolute atomic E-state index is 0.0224. The molecule has 6 heteroatoms. The summed E-state index contributed by atoms with van der Waals surface area (Å²) >= 11 is 0. The molecule has 1 heterocycles. The summed E-state index contributed by atoms with van der Waals surface area (Å²) in [6.07, 6.45) is 2.89. The van der Waals surface area contributed by atoms with Crippen LogP contribution in [0, 0.1) is 0 Å². The third-order valence-electron chi connectivity index (χ3n) is 6.70. The fraction of sp³-hybridized carbons (Fsp3) is 0.333. The van der Waals surface area contributed by atoms with Crippen molar-refractivity contribution in [2.75, 3.05) is 25.1 Å². The maximum absolute atomic E-state index is 12.4.